The Hall–Kier alpha value is -3.04. The Balaban J connectivity index is 1.50. The highest BCUT2D eigenvalue weighted by atomic mass is 19.1. The zero-order valence-electron chi connectivity index (χ0n) is 18.4. The van der Waals surface area contributed by atoms with Crippen LogP contribution in [0.5, 0.6) is 0 Å². The van der Waals surface area contributed by atoms with Gasteiger partial charge < -0.3 is 16.0 Å². The lowest BCUT2D eigenvalue weighted by Crippen LogP contribution is -2.50. The normalized spacial score (nSPS) is 25.1. The molecule has 1 saturated carbocycles. The third-order valence-electron chi connectivity index (χ3n) is 6.50. The molecule has 0 aromatic carbocycles. The number of carbonyl (C=O) groups excluding carboxylic acids is 3. The third-order valence-corrected chi connectivity index (χ3v) is 6.50. The van der Waals surface area contributed by atoms with Crippen LogP contribution in [0.15, 0.2) is 18.5 Å². The van der Waals surface area contributed by atoms with Crippen molar-refractivity contribution in [2.24, 2.45) is 11.1 Å². The second-order valence-corrected chi connectivity index (χ2v) is 9.62. The molecule has 32 heavy (non-hydrogen) atoms. The van der Waals surface area contributed by atoms with Crippen LogP contribution in [0.4, 0.5) is 4.39 Å². The molecule has 0 bridgehead atoms. The second-order valence-electron chi connectivity index (χ2n) is 9.62. The van der Waals surface area contributed by atoms with Gasteiger partial charge in [0.25, 0.3) is 5.91 Å². The van der Waals surface area contributed by atoms with Crippen LogP contribution in [0, 0.1) is 5.41 Å². The molecule has 3 amide bonds. The fourth-order valence-electron chi connectivity index (χ4n) is 4.97. The number of nitrogens with one attached hydrogen (secondary N) is 1. The first kappa shape index (κ1) is 22.2. The van der Waals surface area contributed by atoms with E-state index in [0.29, 0.717) is 10.9 Å². The minimum absolute atomic E-state index is 0.0262. The molecule has 2 aromatic heterocycles. The monoisotopic (exact) mass is 444 g/mol. The summed E-state index contributed by atoms with van der Waals surface area (Å²) in [7, 11) is 0. The van der Waals surface area contributed by atoms with Gasteiger partial charge in [-0.25, -0.2) is 4.39 Å². The van der Waals surface area contributed by atoms with Crippen molar-refractivity contribution < 1.29 is 18.8 Å². The molecule has 9 nitrogen and oxygen atoms in total. The average Bonchev–Trinajstić information content (AvgIpc) is 3.28. The highest BCUT2D eigenvalue weighted by Crippen LogP contribution is 2.35. The molecule has 0 radical (unpaired) electrons. The standard InChI is InChI=1S/C22H29FN6O3/c1-22(2)6-3-4-14(9-22)26-21(32)16-8-13(23)11-28(16)18(30)12-29-17-10-25-7-5-15(17)19(27-29)20(24)31/h5,7,10,13-14,16H,3-4,6,8-9,11-12H2,1-2H3,(H2,24,31)(H,26,32)/t13-,14+,16+/m1/s1. The molecule has 1 aliphatic heterocycles. The molecule has 3 N–H and O–H groups in total. The number of nitrogens with zero attached hydrogens (tertiary/aromatic N) is 4. The number of amides is 3. The zero-order valence-corrected chi connectivity index (χ0v) is 18.4. The maximum Gasteiger partial charge on any atom is 0.269 e. The molecule has 1 saturated heterocycles. The van der Waals surface area contributed by atoms with Gasteiger partial charge in [0.15, 0.2) is 5.69 Å². The number of halogens is 1. The summed E-state index contributed by atoms with van der Waals surface area (Å²) in [5, 5.41) is 7.69. The van der Waals surface area contributed by atoms with Gasteiger partial charge in [-0.2, -0.15) is 5.10 Å². The lowest BCUT2D eigenvalue weighted by Gasteiger charge is -2.36. The molecule has 2 fully saturated rings. The van der Waals surface area contributed by atoms with Gasteiger partial charge in [-0.1, -0.05) is 20.3 Å². The van der Waals surface area contributed by atoms with Gasteiger partial charge in [-0.3, -0.25) is 24.0 Å². The van der Waals surface area contributed by atoms with Gasteiger partial charge in [0.2, 0.25) is 11.8 Å². The Bertz CT molecular complexity index is 1050. The number of fused-ring (bicyclic) bond motifs is 1. The number of likely N-dealkylation sites (tertiary alicyclic amines) is 1. The molecule has 3 heterocycles. The Morgan fingerprint density at radius 2 is 2.12 bits per heavy atom. The van der Waals surface area contributed by atoms with Crippen LogP contribution in [-0.4, -0.2) is 62.2 Å². The summed E-state index contributed by atoms with van der Waals surface area (Å²) in [6.45, 7) is 3.96. The lowest BCUT2D eigenvalue weighted by atomic mass is 9.75. The van der Waals surface area contributed by atoms with Gasteiger partial charge in [-0.15, -0.1) is 0 Å². The molecular formula is C22H29FN6O3. The Kier molecular flexibility index (Phi) is 5.87. The van der Waals surface area contributed by atoms with E-state index in [9.17, 15) is 18.8 Å². The number of pyridine rings is 1. The SMILES string of the molecule is CC1(C)CCC[C@H](NC(=O)[C@@H]2C[C@@H](F)CN2C(=O)Cn2nc(C(N)=O)c3ccncc32)C1. The highest BCUT2D eigenvalue weighted by molar-refractivity contribution is 6.04. The molecule has 1 aliphatic carbocycles. The van der Waals surface area contributed by atoms with Crippen LogP contribution < -0.4 is 11.1 Å². The van der Waals surface area contributed by atoms with Gasteiger partial charge >= 0.3 is 0 Å². The van der Waals surface area contributed by atoms with Crippen molar-refractivity contribution in [2.45, 2.75) is 70.8 Å². The van der Waals surface area contributed by atoms with Crippen LogP contribution in [0.25, 0.3) is 10.9 Å². The number of hydrogen-bond donors (Lipinski definition) is 2. The molecule has 10 heteroatoms. The van der Waals surface area contributed by atoms with E-state index in [2.05, 4.69) is 29.2 Å². The second kappa shape index (κ2) is 8.48. The summed E-state index contributed by atoms with van der Waals surface area (Å²) in [5.41, 5.74) is 6.06. The van der Waals surface area contributed by atoms with Crippen LogP contribution in [0.3, 0.4) is 0 Å². The van der Waals surface area contributed by atoms with E-state index in [0.717, 1.165) is 25.7 Å². The molecule has 2 aromatic rings. The largest absolute Gasteiger partial charge is 0.364 e. The van der Waals surface area contributed by atoms with E-state index in [1.165, 1.54) is 22.0 Å². The van der Waals surface area contributed by atoms with Crippen LogP contribution in [-0.2, 0) is 16.1 Å². The summed E-state index contributed by atoms with van der Waals surface area (Å²) in [4.78, 5) is 43.1. The fourth-order valence-corrected chi connectivity index (χ4v) is 4.97. The number of primary amides is 1. The molecule has 0 unspecified atom stereocenters. The van der Waals surface area contributed by atoms with Crippen molar-refractivity contribution in [3.8, 4) is 0 Å². The average molecular weight is 445 g/mol. The lowest BCUT2D eigenvalue weighted by molar-refractivity contribution is -0.139. The maximum absolute atomic E-state index is 14.3. The summed E-state index contributed by atoms with van der Waals surface area (Å²) < 4.78 is 15.6. The van der Waals surface area contributed by atoms with Crippen molar-refractivity contribution in [2.75, 3.05) is 6.54 Å². The predicted molar refractivity (Wildman–Crippen MR) is 115 cm³/mol. The number of nitrogens with two attached hydrogens (primary N) is 1. The smallest absolute Gasteiger partial charge is 0.269 e. The molecule has 4 rings (SSSR count). The fraction of sp³-hybridized carbons (Fsp3) is 0.591. The number of carbonyl (C=O) groups is 3. The van der Waals surface area contributed by atoms with E-state index in [1.54, 1.807) is 6.07 Å². The molecule has 172 valence electrons. The van der Waals surface area contributed by atoms with E-state index in [1.807, 2.05) is 0 Å². The third kappa shape index (κ3) is 4.44. The van der Waals surface area contributed by atoms with Crippen molar-refractivity contribution >= 4 is 28.6 Å². The van der Waals surface area contributed by atoms with Crippen molar-refractivity contribution in [3.05, 3.63) is 24.2 Å². The Morgan fingerprint density at radius 3 is 2.84 bits per heavy atom. The zero-order chi connectivity index (χ0) is 23.0. The summed E-state index contributed by atoms with van der Waals surface area (Å²) in [5.74, 6) is -1.48. The van der Waals surface area contributed by atoms with Crippen LogP contribution in [0.1, 0.15) is 56.4 Å². The topological polar surface area (TPSA) is 123 Å². The Labute approximate surface area is 185 Å². The quantitative estimate of drug-likeness (QED) is 0.724. The van der Waals surface area contributed by atoms with Crippen LogP contribution in [0.2, 0.25) is 0 Å². The van der Waals surface area contributed by atoms with E-state index >= 15 is 0 Å². The summed E-state index contributed by atoms with van der Waals surface area (Å²) in [6, 6.07) is 0.762. The van der Waals surface area contributed by atoms with Crippen LogP contribution >= 0.6 is 0 Å². The minimum atomic E-state index is -1.27. The first-order chi connectivity index (χ1) is 15.1. The van der Waals surface area contributed by atoms with Gasteiger partial charge in [-0.05, 0) is 30.7 Å². The number of aromatic nitrogens is 3. The van der Waals surface area contributed by atoms with Crippen molar-refractivity contribution in [1.82, 2.24) is 25.0 Å². The van der Waals surface area contributed by atoms with Gasteiger partial charge in [0.1, 0.15) is 18.8 Å². The minimum Gasteiger partial charge on any atom is -0.364 e. The Morgan fingerprint density at radius 1 is 1.34 bits per heavy atom. The first-order valence-corrected chi connectivity index (χ1v) is 11.0. The van der Waals surface area contributed by atoms with Gasteiger partial charge in [0.05, 0.1) is 18.3 Å². The number of hydrogen-bond acceptors (Lipinski definition) is 5. The molecular weight excluding hydrogens is 415 g/mol. The van der Waals surface area contributed by atoms with Crippen molar-refractivity contribution in [3.63, 3.8) is 0 Å². The summed E-state index contributed by atoms with van der Waals surface area (Å²) >= 11 is 0. The van der Waals surface area contributed by atoms with E-state index in [4.69, 9.17) is 5.73 Å². The molecule has 3 atom stereocenters. The van der Waals surface area contributed by atoms with Crippen molar-refractivity contribution in [1.29, 1.82) is 0 Å². The molecule has 2 aliphatic rings. The highest BCUT2D eigenvalue weighted by Gasteiger charge is 2.41. The number of rotatable bonds is 5. The van der Waals surface area contributed by atoms with Gasteiger partial charge in [0, 0.05) is 24.0 Å². The predicted octanol–water partition coefficient (Wildman–Crippen LogP) is 1.55. The first-order valence-electron chi connectivity index (χ1n) is 11.0. The summed E-state index contributed by atoms with van der Waals surface area (Å²) in [6.07, 6.45) is 5.58. The molecule has 0 spiro atoms. The van der Waals surface area contributed by atoms with E-state index < -0.39 is 24.0 Å². The van der Waals surface area contributed by atoms with E-state index in [-0.39, 0.29) is 42.6 Å². The maximum atomic E-state index is 14.3. The number of alkyl halides is 1.